The van der Waals surface area contributed by atoms with Crippen LogP contribution < -0.4 is 9.46 Å². The smallest absolute Gasteiger partial charge is 0.241 e. The van der Waals surface area contributed by atoms with Crippen LogP contribution in [0, 0.1) is 13.8 Å². The average Bonchev–Trinajstić information content (AvgIpc) is 2.53. The van der Waals surface area contributed by atoms with E-state index in [4.69, 9.17) is 4.74 Å². The van der Waals surface area contributed by atoms with Gasteiger partial charge in [0.25, 0.3) is 0 Å². The third-order valence-electron chi connectivity index (χ3n) is 4.17. The Kier molecular flexibility index (Phi) is 5.67. The molecule has 0 spiro atoms. The molecule has 2 rings (SSSR count). The molecule has 0 aromatic heterocycles. The van der Waals surface area contributed by atoms with Crippen LogP contribution in [-0.2, 0) is 16.4 Å². The normalized spacial score (nSPS) is 12.9. The fourth-order valence-corrected chi connectivity index (χ4v) is 4.15. The minimum Gasteiger partial charge on any atom is -0.496 e. The van der Waals surface area contributed by atoms with Gasteiger partial charge in [-0.15, -0.1) is 0 Å². The van der Waals surface area contributed by atoms with Crippen LogP contribution in [-0.4, -0.2) is 15.5 Å². The maximum absolute atomic E-state index is 12.7. The highest BCUT2D eigenvalue weighted by Gasteiger charge is 2.20. The summed E-state index contributed by atoms with van der Waals surface area (Å²) < 4.78 is 33.5. The number of hydrogen-bond donors (Lipinski definition) is 1. The largest absolute Gasteiger partial charge is 0.496 e. The SMILES string of the molecule is CCc1cc(S(=O)(=O)NC(C)c2ccc(C)cc2C)ccc1OC. The Morgan fingerprint density at radius 3 is 2.42 bits per heavy atom. The molecule has 0 aliphatic heterocycles. The molecule has 5 heteroatoms. The van der Waals surface area contributed by atoms with E-state index >= 15 is 0 Å². The first-order valence-corrected chi connectivity index (χ1v) is 9.53. The summed E-state index contributed by atoms with van der Waals surface area (Å²) in [6.07, 6.45) is 0.707. The number of rotatable bonds is 6. The molecule has 2 aromatic rings. The number of benzene rings is 2. The van der Waals surface area contributed by atoms with E-state index in [1.54, 1.807) is 25.3 Å². The lowest BCUT2D eigenvalue weighted by atomic mass is 10.0. The molecule has 0 amide bonds. The average molecular weight is 347 g/mol. The van der Waals surface area contributed by atoms with Crippen LogP contribution in [0.4, 0.5) is 0 Å². The lowest BCUT2D eigenvalue weighted by molar-refractivity contribution is 0.409. The van der Waals surface area contributed by atoms with Crippen molar-refractivity contribution in [1.29, 1.82) is 0 Å². The van der Waals surface area contributed by atoms with Gasteiger partial charge >= 0.3 is 0 Å². The monoisotopic (exact) mass is 347 g/mol. The number of aryl methyl sites for hydroxylation is 3. The van der Waals surface area contributed by atoms with Gasteiger partial charge in [-0.1, -0.05) is 30.7 Å². The molecule has 2 aromatic carbocycles. The predicted molar refractivity (Wildman–Crippen MR) is 97.0 cm³/mol. The number of nitrogens with one attached hydrogen (secondary N) is 1. The fourth-order valence-electron chi connectivity index (χ4n) is 2.87. The number of sulfonamides is 1. The Bertz CT molecular complexity index is 829. The van der Waals surface area contributed by atoms with Gasteiger partial charge in [-0.25, -0.2) is 13.1 Å². The lowest BCUT2D eigenvalue weighted by Crippen LogP contribution is -2.27. The van der Waals surface area contributed by atoms with Crippen molar-refractivity contribution in [2.75, 3.05) is 7.11 Å². The number of hydrogen-bond acceptors (Lipinski definition) is 3. The third kappa shape index (κ3) is 3.97. The minimum absolute atomic E-state index is 0.261. The summed E-state index contributed by atoms with van der Waals surface area (Å²) in [6.45, 7) is 7.85. The molecule has 0 heterocycles. The van der Waals surface area contributed by atoms with Crippen LogP contribution in [0.1, 0.15) is 42.1 Å². The summed E-state index contributed by atoms with van der Waals surface area (Å²) in [7, 11) is -2.01. The van der Waals surface area contributed by atoms with E-state index in [2.05, 4.69) is 10.8 Å². The first-order chi connectivity index (χ1) is 11.3. The highest BCUT2D eigenvalue weighted by Crippen LogP contribution is 2.25. The van der Waals surface area contributed by atoms with E-state index in [1.807, 2.05) is 39.8 Å². The van der Waals surface area contributed by atoms with E-state index in [1.165, 1.54) is 0 Å². The summed E-state index contributed by atoms with van der Waals surface area (Å²) in [4.78, 5) is 0.261. The maximum Gasteiger partial charge on any atom is 0.241 e. The van der Waals surface area contributed by atoms with Crippen LogP contribution in [0.2, 0.25) is 0 Å². The molecule has 0 aliphatic rings. The van der Waals surface area contributed by atoms with Crippen molar-refractivity contribution in [3.63, 3.8) is 0 Å². The fraction of sp³-hybridized carbons (Fsp3) is 0.368. The first kappa shape index (κ1) is 18.5. The summed E-state index contributed by atoms with van der Waals surface area (Å²) in [5.74, 6) is 0.707. The maximum atomic E-state index is 12.7. The second kappa shape index (κ2) is 7.36. The van der Waals surface area contributed by atoms with Gasteiger partial charge in [0.05, 0.1) is 12.0 Å². The van der Waals surface area contributed by atoms with Crippen molar-refractivity contribution in [2.45, 2.75) is 45.1 Å². The van der Waals surface area contributed by atoms with E-state index in [-0.39, 0.29) is 10.9 Å². The Morgan fingerprint density at radius 1 is 1.12 bits per heavy atom. The Balaban J connectivity index is 2.30. The van der Waals surface area contributed by atoms with Gasteiger partial charge in [0.15, 0.2) is 0 Å². The summed E-state index contributed by atoms with van der Waals surface area (Å²) >= 11 is 0. The highest BCUT2D eigenvalue weighted by molar-refractivity contribution is 7.89. The number of methoxy groups -OCH3 is 1. The zero-order valence-corrected chi connectivity index (χ0v) is 15.7. The summed E-state index contributed by atoms with van der Waals surface area (Å²) in [5, 5.41) is 0. The zero-order valence-electron chi connectivity index (χ0n) is 14.9. The Morgan fingerprint density at radius 2 is 1.83 bits per heavy atom. The standard InChI is InChI=1S/C19H25NO3S/c1-6-16-12-17(8-10-19(16)23-5)24(21,22)20-15(4)18-9-7-13(2)11-14(18)3/h7-12,15,20H,6H2,1-5H3. The molecule has 0 bridgehead atoms. The number of ether oxygens (including phenoxy) is 1. The molecule has 1 N–H and O–H groups in total. The van der Waals surface area contributed by atoms with Crippen LogP contribution in [0.15, 0.2) is 41.3 Å². The molecule has 4 nitrogen and oxygen atoms in total. The van der Waals surface area contributed by atoms with Gasteiger partial charge in [-0.3, -0.25) is 0 Å². The molecule has 1 unspecified atom stereocenters. The topological polar surface area (TPSA) is 55.4 Å². The van der Waals surface area contributed by atoms with Crippen molar-refractivity contribution in [3.8, 4) is 5.75 Å². The quantitative estimate of drug-likeness (QED) is 0.862. The van der Waals surface area contributed by atoms with E-state index in [0.29, 0.717) is 12.2 Å². The molecule has 0 saturated heterocycles. The predicted octanol–water partition coefficient (Wildman–Crippen LogP) is 3.91. The summed E-state index contributed by atoms with van der Waals surface area (Å²) in [6, 6.07) is 10.7. The molecule has 0 fully saturated rings. The van der Waals surface area contributed by atoms with Gasteiger partial charge in [0, 0.05) is 6.04 Å². The van der Waals surface area contributed by atoms with E-state index in [0.717, 1.165) is 22.3 Å². The molecule has 0 aliphatic carbocycles. The second-order valence-corrected chi connectivity index (χ2v) is 7.74. The Labute approximate surface area is 144 Å². The first-order valence-electron chi connectivity index (χ1n) is 8.05. The van der Waals surface area contributed by atoms with Crippen molar-refractivity contribution < 1.29 is 13.2 Å². The lowest BCUT2D eigenvalue weighted by Gasteiger charge is -2.18. The van der Waals surface area contributed by atoms with Crippen molar-refractivity contribution in [3.05, 3.63) is 58.7 Å². The third-order valence-corrected chi connectivity index (χ3v) is 5.71. The van der Waals surface area contributed by atoms with Gasteiger partial charge in [-0.2, -0.15) is 0 Å². The van der Waals surface area contributed by atoms with Crippen molar-refractivity contribution in [1.82, 2.24) is 4.72 Å². The van der Waals surface area contributed by atoms with Crippen molar-refractivity contribution in [2.24, 2.45) is 0 Å². The Hall–Kier alpha value is -1.85. The highest BCUT2D eigenvalue weighted by atomic mass is 32.2. The van der Waals surface area contributed by atoms with Gasteiger partial charge in [0.2, 0.25) is 10.0 Å². The van der Waals surface area contributed by atoms with E-state index in [9.17, 15) is 8.42 Å². The molecule has 1 atom stereocenters. The van der Waals surface area contributed by atoms with E-state index < -0.39 is 10.0 Å². The molecular formula is C19H25NO3S. The van der Waals surface area contributed by atoms with Crippen LogP contribution in [0.5, 0.6) is 5.75 Å². The van der Waals surface area contributed by atoms with Crippen LogP contribution in [0.25, 0.3) is 0 Å². The van der Waals surface area contributed by atoms with Crippen molar-refractivity contribution >= 4 is 10.0 Å². The molecular weight excluding hydrogens is 322 g/mol. The van der Waals surface area contributed by atoms with Gasteiger partial charge in [0.1, 0.15) is 5.75 Å². The summed E-state index contributed by atoms with van der Waals surface area (Å²) in [5.41, 5.74) is 4.09. The minimum atomic E-state index is -3.60. The van der Waals surface area contributed by atoms with Gasteiger partial charge < -0.3 is 4.74 Å². The van der Waals surface area contributed by atoms with Gasteiger partial charge in [-0.05, 0) is 62.1 Å². The van der Waals surface area contributed by atoms with Crippen LogP contribution in [0.3, 0.4) is 0 Å². The molecule has 24 heavy (non-hydrogen) atoms. The zero-order chi connectivity index (χ0) is 17.9. The molecule has 0 radical (unpaired) electrons. The molecule has 0 saturated carbocycles. The van der Waals surface area contributed by atoms with Crippen LogP contribution >= 0.6 is 0 Å². The molecule has 130 valence electrons. The second-order valence-electron chi connectivity index (χ2n) is 6.03.